The first-order chi connectivity index (χ1) is 3.80. The molecule has 0 saturated heterocycles. The summed E-state index contributed by atoms with van der Waals surface area (Å²) in [5.74, 6) is -0.398. The second-order valence-corrected chi connectivity index (χ2v) is 1.75. The van der Waals surface area contributed by atoms with Gasteiger partial charge in [0.1, 0.15) is 0 Å². The molecule has 1 aromatic rings. The van der Waals surface area contributed by atoms with Crippen molar-refractivity contribution in [3.05, 3.63) is 35.1 Å². The van der Waals surface area contributed by atoms with Crippen LogP contribution in [0.1, 0.15) is 0 Å². The molecule has 4 heteroatoms. The average molecular weight is 189 g/mol. The summed E-state index contributed by atoms with van der Waals surface area (Å²) < 4.78 is 12.2. The van der Waals surface area contributed by atoms with Gasteiger partial charge in [0.05, 0.1) is 0 Å². The number of hydrogen-bond acceptors (Lipinski definition) is 0. The van der Waals surface area contributed by atoms with Gasteiger partial charge >= 0.3 is 23.1 Å². The molecule has 0 aromatic heterocycles. The van der Waals surface area contributed by atoms with Crippen molar-refractivity contribution >= 4 is 34.7 Å². The predicted octanol–water partition coefficient (Wildman–Crippen LogP) is -1.10. The van der Waals surface area contributed by atoms with E-state index >= 15 is 0 Å². The minimum Gasteiger partial charge on any atom is -1.00 e. The Labute approximate surface area is 86.3 Å². The van der Waals surface area contributed by atoms with Crippen LogP contribution in [0.2, 0.25) is 5.02 Å². The van der Waals surface area contributed by atoms with E-state index in [9.17, 15) is 4.39 Å². The summed E-state index contributed by atoms with van der Waals surface area (Å²) in [7, 11) is 0. The van der Waals surface area contributed by atoms with Crippen LogP contribution in [0.25, 0.3) is 0 Å². The Kier molecular flexibility index (Phi) is 8.16. The quantitative estimate of drug-likeness (QED) is 0.359. The van der Waals surface area contributed by atoms with Crippen molar-refractivity contribution < 1.29 is 16.8 Å². The zero-order valence-corrected chi connectivity index (χ0v) is 8.00. The first kappa shape index (κ1) is 13.1. The Bertz CT molecular complexity index is 172. The molecular formula is C6H3Cl2FMg. The average Bonchev–Trinajstić information content (AvgIpc) is 1.77. The van der Waals surface area contributed by atoms with Gasteiger partial charge in [-0.3, -0.25) is 0 Å². The normalized spacial score (nSPS) is 7.40. The molecule has 0 aliphatic rings. The standard InChI is InChI=1S/C6H3ClF.ClH.Mg/c7-5-3-1-2-4-6(5)8;;/h2-4H;1H;/q-1;;+2/p-1. The van der Waals surface area contributed by atoms with Crippen molar-refractivity contribution in [1.82, 2.24) is 0 Å². The zero-order chi connectivity index (χ0) is 5.98. The number of rotatable bonds is 0. The Balaban J connectivity index is 0. The number of halogens is 3. The topological polar surface area (TPSA) is 0 Å². The van der Waals surface area contributed by atoms with Crippen molar-refractivity contribution in [1.29, 1.82) is 0 Å². The van der Waals surface area contributed by atoms with Gasteiger partial charge < -0.3 is 12.4 Å². The van der Waals surface area contributed by atoms with Gasteiger partial charge in [-0.1, -0.05) is 0 Å². The maximum Gasteiger partial charge on any atom is 2.00 e. The largest absolute Gasteiger partial charge is 2.00 e. The van der Waals surface area contributed by atoms with Crippen molar-refractivity contribution in [3.8, 4) is 0 Å². The van der Waals surface area contributed by atoms with Gasteiger partial charge in [-0.15, -0.1) is 6.07 Å². The Morgan fingerprint density at radius 3 is 2.40 bits per heavy atom. The predicted molar refractivity (Wildman–Crippen MR) is 36.0 cm³/mol. The molecule has 10 heavy (non-hydrogen) atoms. The van der Waals surface area contributed by atoms with Crippen LogP contribution in [-0.4, -0.2) is 23.1 Å². The molecule has 0 atom stereocenters. The molecule has 0 fully saturated rings. The van der Waals surface area contributed by atoms with Gasteiger partial charge in [-0.2, -0.15) is 29.8 Å². The smallest absolute Gasteiger partial charge is 1.00 e. The van der Waals surface area contributed by atoms with E-state index in [-0.39, 0.29) is 40.5 Å². The van der Waals surface area contributed by atoms with Crippen LogP contribution in [0.15, 0.2) is 18.2 Å². The maximum absolute atomic E-state index is 12.2. The van der Waals surface area contributed by atoms with Gasteiger partial charge in [-0.25, -0.2) is 4.39 Å². The fourth-order valence-electron chi connectivity index (χ4n) is 0.391. The van der Waals surface area contributed by atoms with E-state index in [0.717, 1.165) is 0 Å². The minimum atomic E-state index is -0.398. The first-order valence-electron chi connectivity index (χ1n) is 2.12. The minimum absolute atomic E-state index is 0. The molecule has 1 rings (SSSR count). The fraction of sp³-hybridized carbons (Fsp3) is 0. The van der Waals surface area contributed by atoms with Crippen LogP contribution < -0.4 is 12.4 Å². The van der Waals surface area contributed by atoms with Crippen LogP contribution in [0, 0.1) is 11.9 Å². The summed E-state index contributed by atoms with van der Waals surface area (Å²) in [4.78, 5) is 0. The zero-order valence-electron chi connectivity index (χ0n) is 5.07. The summed E-state index contributed by atoms with van der Waals surface area (Å²) in [5.41, 5.74) is 0. The molecular weight excluding hydrogens is 186 g/mol. The van der Waals surface area contributed by atoms with Crippen LogP contribution in [0.3, 0.4) is 0 Å². The monoisotopic (exact) mass is 188 g/mol. The van der Waals surface area contributed by atoms with E-state index in [1.165, 1.54) is 18.2 Å². The molecule has 0 nitrogen and oxygen atoms in total. The maximum atomic E-state index is 12.2. The van der Waals surface area contributed by atoms with Gasteiger partial charge in [0.15, 0.2) is 0 Å². The van der Waals surface area contributed by atoms with Crippen LogP contribution in [-0.2, 0) is 0 Å². The van der Waals surface area contributed by atoms with E-state index < -0.39 is 5.82 Å². The SMILES string of the molecule is Fc1cc[c-]cc1Cl.[Cl-].[Mg+2]. The van der Waals surface area contributed by atoms with Crippen LogP contribution in [0.5, 0.6) is 0 Å². The van der Waals surface area contributed by atoms with Crippen molar-refractivity contribution in [2.75, 3.05) is 0 Å². The fourth-order valence-corrected chi connectivity index (χ4v) is 0.517. The summed E-state index contributed by atoms with van der Waals surface area (Å²) >= 11 is 5.30. The van der Waals surface area contributed by atoms with E-state index in [2.05, 4.69) is 6.07 Å². The van der Waals surface area contributed by atoms with Crippen molar-refractivity contribution in [2.24, 2.45) is 0 Å². The van der Waals surface area contributed by atoms with Crippen LogP contribution >= 0.6 is 11.6 Å². The molecule has 0 aliphatic carbocycles. The molecule has 0 spiro atoms. The molecule has 0 radical (unpaired) electrons. The van der Waals surface area contributed by atoms with Crippen molar-refractivity contribution in [3.63, 3.8) is 0 Å². The summed E-state index contributed by atoms with van der Waals surface area (Å²) in [6.45, 7) is 0. The second-order valence-electron chi connectivity index (χ2n) is 1.34. The summed E-state index contributed by atoms with van der Waals surface area (Å²) in [6, 6.07) is 6.75. The molecule has 0 unspecified atom stereocenters. The summed E-state index contributed by atoms with van der Waals surface area (Å²) in [6.07, 6.45) is 0. The first-order valence-corrected chi connectivity index (χ1v) is 2.49. The Morgan fingerprint density at radius 1 is 1.50 bits per heavy atom. The van der Waals surface area contributed by atoms with Crippen molar-refractivity contribution in [2.45, 2.75) is 0 Å². The third-order valence-corrected chi connectivity index (χ3v) is 1.05. The molecule has 0 aliphatic heterocycles. The van der Waals surface area contributed by atoms with Crippen LogP contribution in [0.4, 0.5) is 4.39 Å². The van der Waals surface area contributed by atoms with E-state index in [4.69, 9.17) is 11.6 Å². The second kappa shape index (κ2) is 6.22. The summed E-state index contributed by atoms with van der Waals surface area (Å²) in [5, 5.41) is 0.118. The molecule has 50 valence electrons. The molecule has 0 bridgehead atoms. The third-order valence-electron chi connectivity index (χ3n) is 0.764. The number of benzene rings is 1. The molecule has 0 saturated carbocycles. The molecule has 0 heterocycles. The Hall–Kier alpha value is 0.496. The van der Waals surface area contributed by atoms with E-state index in [1.54, 1.807) is 0 Å². The van der Waals surface area contributed by atoms with Gasteiger partial charge in [0.25, 0.3) is 0 Å². The Morgan fingerprint density at radius 2 is 2.10 bits per heavy atom. The van der Waals surface area contributed by atoms with E-state index in [0.29, 0.717) is 0 Å². The molecule has 0 N–H and O–H groups in total. The third kappa shape index (κ3) is 3.61. The molecule has 0 amide bonds. The van der Waals surface area contributed by atoms with Gasteiger partial charge in [-0.05, 0) is 5.02 Å². The van der Waals surface area contributed by atoms with Gasteiger partial charge in [0.2, 0.25) is 0 Å². The van der Waals surface area contributed by atoms with E-state index in [1.807, 2.05) is 0 Å². The number of hydrogen-bond donors (Lipinski definition) is 0. The molecule has 1 aromatic carbocycles. The van der Waals surface area contributed by atoms with Gasteiger partial charge in [0, 0.05) is 5.82 Å².